The quantitative estimate of drug-likeness (QED) is 0.683. The van der Waals surface area contributed by atoms with Crippen LogP contribution in [0.3, 0.4) is 0 Å². The first-order valence-corrected chi connectivity index (χ1v) is 6.73. The maximum atomic E-state index is 11.8. The maximum Gasteiger partial charge on any atom is 0.195 e. The van der Waals surface area contributed by atoms with E-state index in [1.54, 1.807) is 6.07 Å². The fourth-order valence-corrected chi connectivity index (χ4v) is 2.46. The van der Waals surface area contributed by atoms with Crippen LogP contribution in [0.4, 0.5) is 0 Å². The zero-order valence-electron chi connectivity index (χ0n) is 11.0. The monoisotopic (exact) mass is 284 g/mol. The van der Waals surface area contributed by atoms with Gasteiger partial charge in [-0.25, -0.2) is 4.98 Å². The molecule has 4 heteroatoms. The van der Waals surface area contributed by atoms with Gasteiger partial charge in [-0.1, -0.05) is 41.9 Å². The third-order valence-corrected chi connectivity index (χ3v) is 3.44. The van der Waals surface area contributed by atoms with Crippen LogP contribution in [0.15, 0.2) is 48.5 Å². The lowest BCUT2D eigenvalue weighted by Gasteiger charge is -2.07. The summed E-state index contributed by atoms with van der Waals surface area (Å²) in [7, 11) is 0. The molecule has 3 rings (SSSR count). The number of hydrogen-bond donors (Lipinski definition) is 0. The van der Waals surface area contributed by atoms with Gasteiger partial charge in [-0.3, -0.25) is 4.79 Å². The largest absolute Gasteiger partial charge is 0.317 e. The number of benzene rings is 2. The molecule has 0 aliphatic rings. The summed E-state index contributed by atoms with van der Waals surface area (Å²) in [6.45, 7) is 2.15. The molecule has 0 N–H and O–H groups in total. The number of carbonyl (C=O) groups is 1. The molecule has 0 saturated heterocycles. The van der Waals surface area contributed by atoms with Crippen molar-refractivity contribution in [2.75, 3.05) is 0 Å². The Hall–Kier alpha value is -2.13. The number of fused-ring (bicyclic) bond motifs is 1. The van der Waals surface area contributed by atoms with Crippen molar-refractivity contribution in [1.82, 2.24) is 9.55 Å². The molecule has 0 saturated carbocycles. The molecule has 1 aromatic heterocycles. The summed E-state index contributed by atoms with van der Waals surface area (Å²) in [5.41, 5.74) is 2.80. The van der Waals surface area contributed by atoms with E-state index in [9.17, 15) is 4.79 Å². The highest BCUT2D eigenvalue weighted by Crippen LogP contribution is 2.22. The Labute approximate surface area is 121 Å². The first kappa shape index (κ1) is 12.9. The van der Waals surface area contributed by atoms with E-state index in [1.807, 2.05) is 47.0 Å². The average Bonchev–Trinajstić information content (AvgIpc) is 2.78. The smallest absolute Gasteiger partial charge is 0.195 e. The van der Waals surface area contributed by atoms with Gasteiger partial charge >= 0.3 is 0 Å². The standard InChI is InChI=1S/C16H13ClN2O/c1-11(20)16-18-14-9-13(17)7-8-15(14)19(16)10-12-5-3-2-4-6-12/h2-9H,10H2,1H3. The Balaban J connectivity index is 2.16. The van der Waals surface area contributed by atoms with Crippen molar-refractivity contribution in [2.45, 2.75) is 13.5 Å². The van der Waals surface area contributed by atoms with Crippen molar-refractivity contribution in [3.8, 4) is 0 Å². The second kappa shape index (κ2) is 5.10. The van der Waals surface area contributed by atoms with Gasteiger partial charge in [0.15, 0.2) is 11.6 Å². The second-order valence-corrected chi connectivity index (χ2v) is 5.13. The summed E-state index contributed by atoms with van der Waals surface area (Å²) < 4.78 is 1.93. The summed E-state index contributed by atoms with van der Waals surface area (Å²) in [6, 6.07) is 15.5. The minimum Gasteiger partial charge on any atom is -0.317 e. The third-order valence-electron chi connectivity index (χ3n) is 3.21. The summed E-state index contributed by atoms with van der Waals surface area (Å²) in [4.78, 5) is 16.2. The van der Waals surface area contributed by atoms with Crippen LogP contribution in [-0.2, 0) is 6.54 Å². The van der Waals surface area contributed by atoms with Crippen LogP contribution in [0.5, 0.6) is 0 Å². The van der Waals surface area contributed by atoms with E-state index in [2.05, 4.69) is 4.98 Å². The fourth-order valence-electron chi connectivity index (χ4n) is 2.30. The molecular formula is C16H13ClN2O. The van der Waals surface area contributed by atoms with Crippen molar-refractivity contribution in [1.29, 1.82) is 0 Å². The van der Waals surface area contributed by atoms with Gasteiger partial charge in [-0.15, -0.1) is 0 Å². The zero-order valence-corrected chi connectivity index (χ0v) is 11.8. The number of imidazole rings is 1. The molecule has 0 spiro atoms. The number of halogens is 1. The molecule has 100 valence electrons. The summed E-state index contributed by atoms with van der Waals surface area (Å²) in [6.07, 6.45) is 0. The molecule has 20 heavy (non-hydrogen) atoms. The molecule has 0 atom stereocenters. The molecule has 0 aliphatic heterocycles. The number of Topliss-reactive ketones (excluding diaryl/α,β-unsaturated/α-hetero) is 1. The van der Waals surface area contributed by atoms with Crippen molar-refractivity contribution >= 4 is 28.4 Å². The number of nitrogens with zero attached hydrogens (tertiary/aromatic N) is 2. The van der Waals surface area contributed by atoms with Crippen molar-refractivity contribution in [3.05, 3.63) is 64.9 Å². The fraction of sp³-hybridized carbons (Fsp3) is 0.125. The van der Waals surface area contributed by atoms with Crippen LogP contribution in [0.25, 0.3) is 11.0 Å². The molecule has 2 aromatic carbocycles. The zero-order chi connectivity index (χ0) is 14.1. The normalized spacial score (nSPS) is 10.9. The number of aromatic nitrogens is 2. The van der Waals surface area contributed by atoms with Gasteiger partial charge in [-0.2, -0.15) is 0 Å². The van der Waals surface area contributed by atoms with Gasteiger partial charge < -0.3 is 4.57 Å². The van der Waals surface area contributed by atoms with E-state index < -0.39 is 0 Å². The predicted octanol–water partition coefficient (Wildman–Crippen LogP) is 3.94. The van der Waals surface area contributed by atoms with Crippen molar-refractivity contribution < 1.29 is 4.79 Å². The molecule has 0 bridgehead atoms. The van der Waals surface area contributed by atoms with E-state index in [4.69, 9.17) is 11.6 Å². The summed E-state index contributed by atoms with van der Waals surface area (Å²) in [5, 5.41) is 0.622. The van der Waals surface area contributed by atoms with Crippen molar-refractivity contribution in [2.24, 2.45) is 0 Å². The summed E-state index contributed by atoms with van der Waals surface area (Å²) >= 11 is 5.99. The molecule has 1 heterocycles. The Morgan fingerprint density at radius 3 is 2.65 bits per heavy atom. The molecule has 0 aliphatic carbocycles. The third kappa shape index (κ3) is 2.32. The van der Waals surface area contributed by atoms with Crippen LogP contribution >= 0.6 is 11.6 Å². The minimum atomic E-state index is -0.0479. The first-order chi connectivity index (χ1) is 9.65. The van der Waals surface area contributed by atoms with Gasteiger partial charge in [0, 0.05) is 18.5 Å². The van der Waals surface area contributed by atoms with Crippen molar-refractivity contribution in [3.63, 3.8) is 0 Å². The highest BCUT2D eigenvalue weighted by Gasteiger charge is 2.14. The Morgan fingerprint density at radius 1 is 1.20 bits per heavy atom. The van der Waals surface area contributed by atoms with Crippen LogP contribution < -0.4 is 0 Å². The highest BCUT2D eigenvalue weighted by molar-refractivity contribution is 6.31. The van der Waals surface area contributed by atoms with E-state index in [1.165, 1.54) is 6.92 Å². The van der Waals surface area contributed by atoms with Crippen LogP contribution in [0.1, 0.15) is 23.1 Å². The SMILES string of the molecule is CC(=O)c1nc2cc(Cl)ccc2n1Cc1ccccc1. The van der Waals surface area contributed by atoms with Crippen LogP contribution in [-0.4, -0.2) is 15.3 Å². The number of ketones is 1. The topological polar surface area (TPSA) is 34.9 Å². The van der Waals surface area contributed by atoms with Gasteiger partial charge in [0.1, 0.15) is 0 Å². The number of rotatable bonds is 3. The molecule has 0 unspecified atom stereocenters. The molecule has 3 aromatic rings. The molecule has 3 nitrogen and oxygen atoms in total. The van der Waals surface area contributed by atoms with Crippen LogP contribution in [0.2, 0.25) is 5.02 Å². The Kier molecular flexibility index (Phi) is 3.28. The number of hydrogen-bond acceptors (Lipinski definition) is 2. The van der Waals surface area contributed by atoms with Crippen LogP contribution in [0, 0.1) is 0 Å². The van der Waals surface area contributed by atoms with E-state index in [0.717, 1.165) is 16.6 Å². The van der Waals surface area contributed by atoms with Gasteiger partial charge in [-0.05, 0) is 23.8 Å². The maximum absolute atomic E-state index is 11.8. The molecule has 0 amide bonds. The van der Waals surface area contributed by atoms with E-state index in [0.29, 0.717) is 17.4 Å². The molecule has 0 radical (unpaired) electrons. The lowest BCUT2D eigenvalue weighted by molar-refractivity contribution is 0.100. The lowest BCUT2D eigenvalue weighted by atomic mass is 10.2. The minimum absolute atomic E-state index is 0.0479. The molecule has 0 fully saturated rings. The van der Waals surface area contributed by atoms with E-state index in [-0.39, 0.29) is 5.78 Å². The Bertz CT molecular complexity index is 778. The number of carbonyl (C=O) groups excluding carboxylic acids is 1. The van der Waals surface area contributed by atoms with Gasteiger partial charge in [0.2, 0.25) is 0 Å². The summed E-state index contributed by atoms with van der Waals surface area (Å²) in [5.74, 6) is 0.416. The average molecular weight is 285 g/mol. The second-order valence-electron chi connectivity index (χ2n) is 4.70. The van der Waals surface area contributed by atoms with Gasteiger partial charge in [0.25, 0.3) is 0 Å². The highest BCUT2D eigenvalue weighted by atomic mass is 35.5. The van der Waals surface area contributed by atoms with Gasteiger partial charge in [0.05, 0.1) is 11.0 Å². The predicted molar refractivity (Wildman–Crippen MR) is 80.3 cm³/mol. The Morgan fingerprint density at radius 2 is 1.95 bits per heavy atom. The molecular weight excluding hydrogens is 272 g/mol. The lowest BCUT2D eigenvalue weighted by Crippen LogP contribution is -2.08. The first-order valence-electron chi connectivity index (χ1n) is 6.36. The van der Waals surface area contributed by atoms with E-state index >= 15 is 0 Å².